The highest BCUT2D eigenvalue weighted by Crippen LogP contribution is 2.13. The van der Waals surface area contributed by atoms with Gasteiger partial charge in [0.05, 0.1) is 0 Å². The highest BCUT2D eigenvalue weighted by Gasteiger charge is 2.10. The standard InChI is InChI=1S/C17H27N3O/c18-10-4-5-17(21)19-13-15-6-8-16(9-7-15)14-20-11-2-1-3-12-20/h6-9H,1-5,10-14,18H2,(H,19,21). The van der Waals surface area contributed by atoms with Crippen molar-refractivity contribution in [1.29, 1.82) is 0 Å². The molecule has 1 fully saturated rings. The van der Waals surface area contributed by atoms with Gasteiger partial charge in [0.2, 0.25) is 5.91 Å². The fourth-order valence-electron chi connectivity index (χ4n) is 2.69. The number of nitrogens with zero attached hydrogens (tertiary/aromatic N) is 1. The van der Waals surface area contributed by atoms with Gasteiger partial charge in [-0.3, -0.25) is 9.69 Å². The maximum atomic E-state index is 11.5. The number of carbonyl (C=O) groups excluding carboxylic acids is 1. The Kier molecular flexibility index (Phi) is 6.70. The molecule has 4 heteroatoms. The van der Waals surface area contributed by atoms with Gasteiger partial charge in [0.1, 0.15) is 0 Å². The Morgan fingerprint density at radius 2 is 1.76 bits per heavy atom. The average molecular weight is 289 g/mol. The number of nitrogens with two attached hydrogens (primary N) is 1. The Bertz CT molecular complexity index is 424. The second-order valence-corrected chi connectivity index (χ2v) is 5.82. The molecule has 1 aliphatic heterocycles. The molecule has 4 nitrogen and oxygen atoms in total. The van der Waals surface area contributed by atoms with Gasteiger partial charge in [-0.15, -0.1) is 0 Å². The van der Waals surface area contributed by atoms with E-state index < -0.39 is 0 Å². The lowest BCUT2D eigenvalue weighted by Gasteiger charge is -2.26. The zero-order valence-corrected chi connectivity index (χ0v) is 12.8. The molecule has 1 amide bonds. The van der Waals surface area contributed by atoms with E-state index in [-0.39, 0.29) is 5.91 Å². The normalized spacial score (nSPS) is 15.9. The zero-order chi connectivity index (χ0) is 14.9. The third-order valence-corrected chi connectivity index (χ3v) is 3.98. The van der Waals surface area contributed by atoms with E-state index in [0.717, 1.165) is 18.5 Å². The topological polar surface area (TPSA) is 58.4 Å². The molecular weight excluding hydrogens is 262 g/mol. The highest BCUT2D eigenvalue weighted by atomic mass is 16.1. The van der Waals surface area contributed by atoms with Gasteiger partial charge in [-0.2, -0.15) is 0 Å². The van der Waals surface area contributed by atoms with Gasteiger partial charge in [-0.25, -0.2) is 0 Å². The first kappa shape index (κ1) is 16.0. The van der Waals surface area contributed by atoms with Gasteiger partial charge >= 0.3 is 0 Å². The quantitative estimate of drug-likeness (QED) is 0.807. The fourth-order valence-corrected chi connectivity index (χ4v) is 2.69. The molecule has 0 radical (unpaired) electrons. The van der Waals surface area contributed by atoms with Crippen molar-refractivity contribution in [3.8, 4) is 0 Å². The molecule has 0 aromatic heterocycles. The first-order valence-corrected chi connectivity index (χ1v) is 8.05. The predicted molar refractivity (Wildman–Crippen MR) is 85.7 cm³/mol. The Labute approximate surface area is 127 Å². The van der Waals surface area contributed by atoms with E-state index >= 15 is 0 Å². The Balaban J connectivity index is 1.74. The summed E-state index contributed by atoms with van der Waals surface area (Å²) in [7, 11) is 0. The number of amides is 1. The number of hydrogen-bond acceptors (Lipinski definition) is 3. The van der Waals surface area contributed by atoms with Crippen molar-refractivity contribution >= 4 is 5.91 Å². The second kappa shape index (κ2) is 8.80. The lowest BCUT2D eigenvalue weighted by molar-refractivity contribution is -0.121. The van der Waals surface area contributed by atoms with Crippen LogP contribution in [0.4, 0.5) is 0 Å². The van der Waals surface area contributed by atoms with Gasteiger partial charge in [0.25, 0.3) is 0 Å². The fraction of sp³-hybridized carbons (Fsp3) is 0.588. The molecule has 1 aromatic carbocycles. The van der Waals surface area contributed by atoms with Crippen molar-refractivity contribution in [2.24, 2.45) is 5.73 Å². The minimum Gasteiger partial charge on any atom is -0.352 e. The summed E-state index contributed by atoms with van der Waals surface area (Å²) in [6.07, 6.45) is 5.29. The molecule has 0 unspecified atom stereocenters. The number of carbonyl (C=O) groups is 1. The largest absolute Gasteiger partial charge is 0.352 e. The van der Waals surface area contributed by atoms with Gasteiger partial charge in [0.15, 0.2) is 0 Å². The first-order valence-electron chi connectivity index (χ1n) is 8.05. The summed E-state index contributed by atoms with van der Waals surface area (Å²) in [5.74, 6) is 0.0813. The molecule has 1 aliphatic rings. The number of hydrogen-bond donors (Lipinski definition) is 2. The van der Waals surface area contributed by atoms with Crippen LogP contribution in [-0.4, -0.2) is 30.4 Å². The number of rotatable bonds is 7. The number of benzene rings is 1. The van der Waals surface area contributed by atoms with Crippen LogP contribution in [0.25, 0.3) is 0 Å². The van der Waals surface area contributed by atoms with E-state index in [9.17, 15) is 4.79 Å². The van der Waals surface area contributed by atoms with Crippen LogP contribution in [0.3, 0.4) is 0 Å². The van der Waals surface area contributed by atoms with Crippen LogP contribution >= 0.6 is 0 Å². The van der Waals surface area contributed by atoms with E-state index in [2.05, 4.69) is 34.5 Å². The number of nitrogens with one attached hydrogen (secondary N) is 1. The third kappa shape index (κ3) is 5.86. The average Bonchev–Trinajstić information content (AvgIpc) is 2.53. The molecule has 1 aromatic rings. The third-order valence-electron chi connectivity index (χ3n) is 3.98. The maximum absolute atomic E-state index is 11.5. The van der Waals surface area contributed by atoms with Crippen LogP contribution in [0.1, 0.15) is 43.2 Å². The van der Waals surface area contributed by atoms with Crippen molar-refractivity contribution in [3.05, 3.63) is 35.4 Å². The summed E-state index contributed by atoms with van der Waals surface area (Å²) in [5.41, 5.74) is 7.90. The first-order chi connectivity index (χ1) is 10.3. The highest BCUT2D eigenvalue weighted by molar-refractivity contribution is 5.75. The SMILES string of the molecule is NCCCC(=O)NCc1ccc(CN2CCCCC2)cc1. The summed E-state index contributed by atoms with van der Waals surface area (Å²) >= 11 is 0. The molecule has 0 bridgehead atoms. The van der Waals surface area contributed by atoms with E-state index in [1.165, 1.54) is 37.9 Å². The maximum Gasteiger partial charge on any atom is 0.220 e. The van der Waals surface area contributed by atoms with E-state index in [0.29, 0.717) is 19.5 Å². The minimum absolute atomic E-state index is 0.0813. The van der Waals surface area contributed by atoms with Crippen molar-refractivity contribution in [1.82, 2.24) is 10.2 Å². The molecule has 0 spiro atoms. The summed E-state index contributed by atoms with van der Waals surface area (Å²) in [6, 6.07) is 8.58. The minimum atomic E-state index is 0.0813. The van der Waals surface area contributed by atoms with Crippen LogP contribution in [0, 0.1) is 0 Å². The molecule has 3 N–H and O–H groups in total. The zero-order valence-electron chi connectivity index (χ0n) is 12.8. The van der Waals surface area contributed by atoms with Crippen molar-refractivity contribution in [3.63, 3.8) is 0 Å². The second-order valence-electron chi connectivity index (χ2n) is 5.82. The van der Waals surface area contributed by atoms with Crippen LogP contribution in [0.15, 0.2) is 24.3 Å². The molecular formula is C17H27N3O. The molecule has 2 rings (SSSR count). The van der Waals surface area contributed by atoms with Crippen molar-refractivity contribution in [2.45, 2.75) is 45.2 Å². The molecule has 0 saturated carbocycles. The van der Waals surface area contributed by atoms with Crippen molar-refractivity contribution in [2.75, 3.05) is 19.6 Å². The smallest absolute Gasteiger partial charge is 0.220 e. The summed E-state index contributed by atoms with van der Waals surface area (Å²) in [6.45, 7) is 4.66. The summed E-state index contributed by atoms with van der Waals surface area (Å²) < 4.78 is 0. The molecule has 1 saturated heterocycles. The molecule has 0 aliphatic carbocycles. The predicted octanol–water partition coefficient (Wildman–Crippen LogP) is 2.03. The Hall–Kier alpha value is -1.39. The lowest BCUT2D eigenvalue weighted by atomic mass is 10.1. The van der Waals surface area contributed by atoms with E-state index in [1.807, 2.05) is 0 Å². The monoisotopic (exact) mass is 289 g/mol. The molecule has 21 heavy (non-hydrogen) atoms. The Morgan fingerprint density at radius 3 is 2.43 bits per heavy atom. The lowest BCUT2D eigenvalue weighted by Crippen LogP contribution is -2.29. The van der Waals surface area contributed by atoms with Gasteiger partial charge in [-0.05, 0) is 50.0 Å². The van der Waals surface area contributed by atoms with Crippen LogP contribution in [-0.2, 0) is 17.9 Å². The van der Waals surface area contributed by atoms with Crippen LogP contribution < -0.4 is 11.1 Å². The molecule has 116 valence electrons. The summed E-state index contributed by atoms with van der Waals surface area (Å²) in [5, 5.41) is 2.93. The van der Waals surface area contributed by atoms with Crippen LogP contribution in [0.2, 0.25) is 0 Å². The summed E-state index contributed by atoms with van der Waals surface area (Å²) in [4.78, 5) is 14.1. The Morgan fingerprint density at radius 1 is 1.10 bits per heavy atom. The number of likely N-dealkylation sites (tertiary alicyclic amines) is 1. The van der Waals surface area contributed by atoms with Gasteiger partial charge in [-0.1, -0.05) is 30.7 Å². The van der Waals surface area contributed by atoms with Gasteiger partial charge < -0.3 is 11.1 Å². The molecule has 0 atom stereocenters. The van der Waals surface area contributed by atoms with Crippen LogP contribution in [0.5, 0.6) is 0 Å². The van der Waals surface area contributed by atoms with E-state index in [1.54, 1.807) is 0 Å². The number of piperidine rings is 1. The van der Waals surface area contributed by atoms with E-state index in [4.69, 9.17) is 5.73 Å². The van der Waals surface area contributed by atoms with Gasteiger partial charge in [0, 0.05) is 19.5 Å². The molecule has 1 heterocycles. The van der Waals surface area contributed by atoms with Crippen molar-refractivity contribution < 1.29 is 4.79 Å².